The zero-order valence-electron chi connectivity index (χ0n) is 19.4. The Morgan fingerprint density at radius 2 is 2.03 bits per heavy atom. The number of hydrogen-bond acceptors (Lipinski definition) is 4. The van der Waals surface area contributed by atoms with Crippen LogP contribution in [-0.4, -0.2) is 55.7 Å². The topological polar surface area (TPSA) is 81.7 Å². The van der Waals surface area contributed by atoms with E-state index in [-0.39, 0.29) is 12.1 Å². The second-order valence-corrected chi connectivity index (χ2v) is 9.59. The van der Waals surface area contributed by atoms with E-state index < -0.39 is 5.60 Å². The van der Waals surface area contributed by atoms with Crippen LogP contribution in [0.15, 0.2) is 48.7 Å². The molecule has 2 atom stereocenters. The first-order valence-corrected chi connectivity index (χ1v) is 11.4. The van der Waals surface area contributed by atoms with Crippen molar-refractivity contribution >= 4 is 17.1 Å². The number of aliphatic hydroxyl groups is 1. The molecule has 2 unspecified atom stereocenters. The summed E-state index contributed by atoms with van der Waals surface area (Å²) < 4.78 is 5.98. The molecule has 2 N–H and O–H groups in total. The monoisotopic (exact) mass is 446 g/mol. The van der Waals surface area contributed by atoms with E-state index in [4.69, 9.17) is 4.74 Å². The van der Waals surface area contributed by atoms with Gasteiger partial charge in [0.1, 0.15) is 18.2 Å². The Balaban J connectivity index is 1.42. The summed E-state index contributed by atoms with van der Waals surface area (Å²) >= 11 is 0. The Labute approximate surface area is 193 Å². The molecule has 1 fully saturated rings. The van der Waals surface area contributed by atoms with E-state index in [1.807, 2.05) is 30.9 Å². The molecule has 2 aromatic carbocycles. The fraction of sp³-hybridized carbons (Fsp3) is 0.385. The highest BCUT2D eigenvalue weighted by Gasteiger charge is 2.39. The molecule has 0 saturated carbocycles. The molecule has 3 heterocycles. The molecule has 0 bridgehead atoms. The van der Waals surface area contributed by atoms with Gasteiger partial charge in [0.25, 0.3) is 0 Å². The number of hydrogen-bond donors (Lipinski definition) is 2. The van der Waals surface area contributed by atoms with Crippen molar-refractivity contribution in [1.29, 1.82) is 0 Å². The van der Waals surface area contributed by atoms with Crippen molar-refractivity contribution in [3.8, 4) is 16.9 Å². The number of nitrogens with one attached hydrogen (secondary N) is 1. The van der Waals surface area contributed by atoms with Gasteiger partial charge in [-0.05, 0) is 62.6 Å². The van der Waals surface area contributed by atoms with Gasteiger partial charge in [0.15, 0.2) is 0 Å². The number of imidazole rings is 1. The Morgan fingerprint density at radius 3 is 2.82 bits per heavy atom. The predicted octanol–water partition coefficient (Wildman–Crippen LogP) is 4.60. The van der Waals surface area contributed by atoms with Gasteiger partial charge in [0, 0.05) is 23.7 Å². The van der Waals surface area contributed by atoms with Crippen molar-refractivity contribution < 1.29 is 14.6 Å². The van der Waals surface area contributed by atoms with E-state index in [9.17, 15) is 9.90 Å². The van der Waals surface area contributed by atoms with Gasteiger partial charge in [-0.1, -0.05) is 18.7 Å². The molecule has 0 radical (unpaired) electrons. The van der Waals surface area contributed by atoms with Crippen LogP contribution in [0.25, 0.3) is 22.2 Å². The molecule has 7 heteroatoms. The number of aromatic nitrogens is 2. The first-order valence-electron chi connectivity index (χ1n) is 11.4. The van der Waals surface area contributed by atoms with Gasteiger partial charge in [0.2, 0.25) is 0 Å². The maximum atomic E-state index is 13.5. The molecule has 172 valence electrons. The van der Waals surface area contributed by atoms with Crippen LogP contribution in [0.1, 0.15) is 38.1 Å². The summed E-state index contributed by atoms with van der Waals surface area (Å²) in [5, 5.41) is 10.5. The fourth-order valence-electron chi connectivity index (χ4n) is 5.17. The average molecular weight is 447 g/mol. The van der Waals surface area contributed by atoms with E-state index in [0.717, 1.165) is 39.3 Å². The Hall–Kier alpha value is -3.32. The van der Waals surface area contributed by atoms with Crippen LogP contribution in [-0.2, 0) is 6.54 Å². The highest BCUT2D eigenvalue weighted by Crippen LogP contribution is 2.35. The number of H-pyrrole nitrogens is 1. The zero-order chi connectivity index (χ0) is 23.3. The number of piperidine rings is 1. The number of amides is 2. The highest BCUT2D eigenvalue weighted by molar-refractivity contribution is 5.82. The molecular formula is C26H30N4O3. The number of aromatic amines is 1. The number of benzene rings is 2. The van der Waals surface area contributed by atoms with Crippen LogP contribution >= 0.6 is 0 Å². The van der Waals surface area contributed by atoms with Gasteiger partial charge in [-0.15, -0.1) is 0 Å². The number of aryl methyl sites for hydroxylation is 1. The summed E-state index contributed by atoms with van der Waals surface area (Å²) in [5.74, 6) is 1.70. The highest BCUT2D eigenvalue weighted by atomic mass is 16.5. The minimum atomic E-state index is -0.828. The van der Waals surface area contributed by atoms with Crippen molar-refractivity contribution in [1.82, 2.24) is 19.8 Å². The van der Waals surface area contributed by atoms with Crippen LogP contribution in [0.2, 0.25) is 0 Å². The summed E-state index contributed by atoms with van der Waals surface area (Å²) in [5.41, 5.74) is 4.89. The third-order valence-corrected chi connectivity index (χ3v) is 6.55. The van der Waals surface area contributed by atoms with Crippen LogP contribution in [0.3, 0.4) is 0 Å². The molecule has 2 amide bonds. The number of nitrogens with zero attached hydrogens (tertiary/aromatic N) is 3. The van der Waals surface area contributed by atoms with Gasteiger partial charge < -0.3 is 19.7 Å². The molecule has 1 saturated heterocycles. The Kier molecular flexibility index (Phi) is 5.16. The van der Waals surface area contributed by atoms with Crippen molar-refractivity contribution in [2.75, 3.05) is 13.2 Å². The number of carbonyl (C=O) groups excluding carboxylic acids is 1. The third kappa shape index (κ3) is 4.09. The molecular weight excluding hydrogens is 416 g/mol. The van der Waals surface area contributed by atoms with Crippen molar-refractivity contribution in [2.45, 2.75) is 51.8 Å². The second kappa shape index (κ2) is 7.92. The lowest BCUT2D eigenvalue weighted by Gasteiger charge is -2.43. The maximum Gasteiger partial charge on any atom is 0.324 e. The van der Waals surface area contributed by atoms with E-state index in [1.165, 1.54) is 0 Å². The third-order valence-electron chi connectivity index (χ3n) is 6.55. The summed E-state index contributed by atoms with van der Waals surface area (Å²) in [7, 11) is 0. The molecule has 33 heavy (non-hydrogen) atoms. The number of fused-ring (bicyclic) bond motifs is 2. The maximum absolute atomic E-state index is 13.5. The lowest BCUT2D eigenvalue weighted by atomic mass is 9.87. The first kappa shape index (κ1) is 21.5. The van der Waals surface area contributed by atoms with Crippen LogP contribution < -0.4 is 4.74 Å². The van der Waals surface area contributed by atoms with Gasteiger partial charge in [-0.2, -0.15) is 0 Å². The average Bonchev–Trinajstić information content (AvgIpc) is 2.97. The molecule has 2 aliphatic rings. The van der Waals surface area contributed by atoms with E-state index in [1.54, 1.807) is 11.8 Å². The minimum absolute atomic E-state index is 0.0841. The summed E-state index contributed by atoms with van der Waals surface area (Å²) in [4.78, 5) is 24.8. The summed E-state index contributed by atoms with van der Waals surface area (Å²) in [6.07, 6.45) is 0.919. The SMILES string of the molecule is C=C1CC(C)(O)CC(C)N1C(=O)N1CCOc2ccc(-c3ccc4nc(C)[nH]c4c3)cc2C1. The van der Waals surface area contributed by atoms with Gasteiger partial charge in [-0.3, -0.25) is 4.90 Å². The first-order chi connectivity index (χ1) is 15.7. The molecule has 0 aliphatic carbocycles. The number of ether oxygens (including phenoxy) is 1. The van der Waals surface area contributed by atoms with Crippen LogP contribution in [0.5, 0.6) is 5.75 Å². The minimum Gasteiger partial charge on any atom is -0.491 e. The fourth-order valence-corrected chi connectivity index (χ4v) is 5.17. The van der Waals surface area contributed by atoms with Crippen molar-refractivity contribution in [2.24, 2.45) is 0 Å². The standard InChI is InChI=1S/C26H30N4O3/c1-16-13-26(4,32)14-17(2)30(16)25(31)29-9-10-33-24-8-6-19(11-21(24)15-29)20-5-7-22-23(12-20)28-18(3)27-22/h5-8,11-12,17,32H,1,9-10,13-15H2,2-4H3,(H,27,28). The number of urea groups is 1. The molecule has 5 rings (SSSR count). The van der Waals surface area contributed by atoms with Gasteiger partial charge in [-0.25, -0.2) is 9.78 Å². The summed E-state index contributed by atoms with van der Waals surface area (Å²) in [6.45, 7) is 11.2. The Bertz CT molecular complexity index is 1250. The second-order valence-electron chi connectivity index (χ2n) is 9.59. The normalized spacial score (nSPS) is 23.3. The Morgan fingerprint density at radius 1 is 1.27 bits per heavy atom. The molecule has 3 aromatic rings. The number of likely N-dealkylation sites (tertiary alicyclic amines) is 1. The van der Waals surface area contributed by atoms with E-state index >= 15 is 0 Å². The lowest BCUT2D eigenvalue weighted by Crippen LogP contribution is -2.53. The molecule has 2 aliphatic heterocycles. The molecule has 0 spiro atoms. The van der Waals surface area contributed by atoms with Gasteiger partial charge in [0.05, 0.1) is 29.7 Å². The predicted molar refractivity (Wildman–Crippen MR) is 128 cm³/mol. The zero-order valence-corrected chi connectivity index (χ0v) is 19.4. The van der Waals surface area contributed by atoms with E-state index in [2.05, 4.69) is 40.8 Å². The van der Waals surface area contributed by atoms with Crippen LogP contribution in [0, 0.1) is 6.92 Å². The van der Waals surface area contributed by atoms with Crippen molar-refractivity contribution in [3.63, 3.8) is 0 Å². The van der Waals surface area contributed by atoms with E-state index in [0.29, 0.717) is 38.2 Å². The molecule has 7 nitrogen and oxygen atoms in total. The smallest absolute Gasteiger partial charge is 0.324 e. The van der Waals surface area contributed by atoms with Gasteiger partial charge >= 0.3 is 6.03 Å². The molecule has 1 aromatic heterocycles. The largest absolute Gasteiger partial charge is 0.491 e. The van der Waals surface area contributed by atoms with Crippen LogP contribution in [0.4, 0.5) is 4.79 Å². The lowest BCUT2D eigenvalue weighted by molar-refractivity contribution is -0.000465. The summed E-state index contributed by atoms with van der Waals surface area (Å²) in [6, 6.07) is 12.1. The van der Waals surface area contributed by atoms with Crippen molar-refractivity contribution in [3.05, 3.63) is 60.1 Å². The quantitative estimate of drug-likeness (QED) is 0.572. The number of rotatable bonds is 1. The number of carbonyl (C=O) groups is 1.